The zero-order valence-corrected chi connectivity index (χ0v) is 13.3. The lowest BCUT2D eigenvalue weighted by atomic mass is 10.1. The fourth-order valence-corrected chi connectivity index (χ4v) is 2.61. The lowest BCUT2D eigenvalue weighted by Gasteiger charge is -2.15. The number of unbranched alkanes of at least 4 members (excludes halogenated alkanes) is 1. The molecule has 0 saturated carbocycles. The van der Waals surface area contributed by atoms with Crippen LogP contribution in [-0.4, -0.2) is 19.1 Å². The van der Waals surface area contributed by atoms with Crippen LogP contribution in [0.15, 0.2) is 16.6 Å². The number of anilines is 1. The van der Waals surface area contributed by atoms with Gasteiger partial charge in [-0.3, -0.25) is 4.79 Å². The van der Waals surface area contributed by atoms with Crippen molar-refractivity contribution in [3.63, 3.8) is 0 Å². The Balaban J connectivity index is 2.84. The van der Waals surface area contributed by atoms with Gasteiger partial charge in [0, 0.05) is 5.02 Å². The first-order valence-electron chi connectivity index (χ1n) is 6.09. The summed E-state index contributed by atoms with van der Waals surface area (Å²) in [7, 11) is 1.53. The summed E-state index contributed by atoms with van der Waals surface area (Å²) in [6, 6.07) is 2.81. The van der Waals surface area contributed by atoms with Crippen molar-refractivity contribution < 1.29 is 9.53 Å². The maximum Gasteiger partial charge on any atom is 0.241 e. The molecule has 106 valence electrons. The molecule has 0 aliphatic heterocycles. The summed E-state index contributed by atoms with van der Waals surface area (Å²) >= 11 is 9.29. The number of benzene rings is 1. The van der Waals surface area contributed by atoms with Crippen molar-refractivity contribution in [2.45, 2.75) is 32.2 Å². The first-order valence-corrected chi connectivity index (χ1v) is 7.26. The molecule has 1 aromatic rings. The van der Waals surface area contributed by atoms with E-state index in [4.69, 9.17) is 22.1 Å². The number of halogens is 2. The topological polar surface area (TPSA) is 64.4 Å². The highest BCUT2D eigenvalue weighted by atomic mass is 79.9. The second-order valence-corrected chi connectivity index (χ2v) is 5.50. The summed E-state index contributed by atoms with van der Waals surface area (Å²) in [4.78, 5) is 12.0. The van der Waals surface area contributed by atoms with E-state index in [1.165, 1.54) is 7.11 Å². The number of carbonyl (C=O) groups is 1. The number of carbonyl (C=O) groups excluding carboxylic acids is 1. The van der Waals surface area contributed by atoms with Gasteiger partial charge in [0.1, 0.15) is 0 Å². The standard InChI is InChI=1S/C13H18BrClN2O2/c1-3-4-5-10(16)13(18)17-11-7-8(15)6-9(14)12(11)19-2/h6-7,10H,3-5,16H2,1-2H3,(H,17,18). The van der Waals surface area contributed by atoms with Crippen molar-refractivity contribution in [1.82, 2.24) is 0 Å². The molecule has 1 rings (SSSR count). The van der Waals surface area contributed by atoms with Gasteiger partial charge in [0.15, 0.2) is 5.75 Å². The lowest BCUT2D eigenvalue weighted by molar-refractivity contribution is -0.117. The highest BCUT2D eigenvalue weighted by molar-refractivity contribution is 9.10. The van der Waals surface area contributed by atoms with Gasteiger partial charge in [-0.2, -0.15) is 0 Å². The summed E-state index contributed by atoms with van der Waals surface area (Å²) < 4.78 is 5.91. The number of nitrogens with one attached hydrogen (secondary N) is 1. The molecule has 3 N–H and O–H groups in total. The monoisotopic (exact) mass is 348 g/mol. The van der Waals surface area contributed by atoms with Crippen LogP contribution in [0.1, 0.15) is 26.2 Å². The van der Waals surface area contributed by atoms with Gasteiger partial charge in [0.05, 0.1) is 23.3 Å². The smallest absolute Gasteiger partial charge is 0.241 e. The minimum atomic E-state index is -0.526. The van der Waals surface area contributed by atoms with Crippen LogP contribution in [0.4, 0.5) is 5.69 Å². The molecular formula is C13H18BrClN2O2. The number of hydrogen-bond donors (Lipinski definition) is 2. The third-order valence-electron chi connectivity index (χ3n) is 2.68. The van der Waals surface area contributed by atoms with Crippen molar-refractivity contribution in [1.29, 1.82) is 0 Å². The first-order chi connectivity index (χ1) is 8.99. The summed E-state index contributed by atoms with van der Waals surface area (Å²) in [5, 5.41) is 3.25. The van der Waals surface area contributed by atoms with Gasteiger partial charge in [-0.05, 0) is 34.5 Å². The van der Waals surface area contributed by atoms with Crippen molar-refractivity contribution in [3.05, 3.63) is 21.6 Å². The molecule has 0 aliphatic carbocycles. The van der Waals surface area contributed by atoms with Crippen LogP contribution in [0.3, 0.4) is 0 Å². The van der Waals surface area contributed by atoms with Gasteiger partial charge in [-0.25, -0.2) is 0 Å². The normalized spacial score (nSPS) is 12.1. The predicted octanol–water partition coefficient (Wildman–Crippen LogP) is 3.57. The van der Waals surface area contributed by atoms with Crippen molar-refractivity contribution >= 4 is 39.1 Å². The molecule has 0 fully saturated rings. The van der Waals surface area contributed by atoms with Crippen LogP contribution < -0.4 is 15.8 Å². The van der Waals surface area contributed by atoms with Gasteiger partial charge in [-0.1, -0.05) is 31.4 Å². The maximum atomic E-state index is 12.0. The van der Waals surface area contributed by atoms with E-state index >= 15 is 0 Å². The van der Waals surface area contributed by atoms with Crippen LogP contribution in [0.2, 0.25) is 5.02 Å². The summed E-state index contributed by atoms with van der Waals surface area (Å²) in [6.07, 6.45) is 2.59. The summed E-state index contributed by atoms with van der Waals surface area (Å²) in [5.41, 5.74) is 6.33. The number of hydrogen-bond acceptors (Lipinski definition) is 3. The van der Waals surface area contributed by atoms with E-state index in [1.807, 2.05) is 0 Å². The molecular weight excluding hydrogens is 332 g/mol. The Kier molecular flexibility index (Phi) is 6.62. The minimum Gasteiger partial charge on any atom is -0.493 e. The highest BCUT2D eigenvalue weighted by Crippen LogP contribution is 2.36. The van der Waals surface area contributed by atoms with E-state index in [2.05, 4.69) is 28.2 Å². The Hall–Kier alpha value is -0.780. The van der Waals surface area contributed by atoms with E-state index in [-0.39, 0.29) is 5.91 Å². The molecule has 19 heavy (non-hydrogen) atoms. The molecule has 1 aromatic carbocycles. The van der Waals surface area contributed by atoms with Gasteiger partial charge >= 0.3 is 0 Å². The molecule has 1 amide bonds. The number of nitrogens with two attached hydrogens (primary N) is 1. The summed E-state index contributed by atoms with van der Waals surface area (Å²) in [5.74, 6) is 0.293. The predicted molar refractivity (Wildman–Crippen MR) is 81.8 cm³/mol. The van der Waals surface area contributed by atoms with E-state index in [9.17, 15) is 4.79 Å². The molecule has 0 heterocycles. The Morgan fingerprint density at radius 2 is 2.26 bits per heavy atom. The lowest BCUT2D eigenvalue weighted by Crippen LogP contribution is -2.35. The molecule has 4 nitrogen and oxygen atoms in total. The van der Waals surface area contributed by atoms with Crippen molar-refractivity contribution in [2.75, 3.05) is 12.4 Å². The number of ether oxygens (including phenoxy) is 1. The van der Waals surface area contributed by atoms with Gasteiger partial charge in [0.2, 0.25) is 5.91 Å². The van der Waals surface area contributed by atoms with Crippen LogP contribution >= 0.6 is 27.5 Å². The molecule has 1 atom stereocenters. The van der Waals surface area contributed by atoms with E-state index < -0.39 is 6.04 Å². The number of methoxy groups -OCH3 is 1. The van der Waals surface area contributed by atoms with Gasteiger partial charge < -0.3 is 15.8 Å². The third-order valence-corrected chi connectivity index (χ3v) is 3.48. The van der Waals surface area contributed by atoms with E-state index in [0.717, 1.165) is 12.8 Å². The first kappa shape index (κ1) is 16.3. The van der Waals surface area contributed by atoms with Crippen LogP contribution in [0.5, 0.6) is 5.75 Å². The van der Waals surface area contributed by atoms with Crippen LogP contribution in [0, 0.1) is 0 Å². The van der Waals surface area contributed by atoms with Gasteiger partial charge in [-0.15, -0.1) is 0 Å². The van der Waals surface area contributed by atoms with Crippen LogP contribution in [-0.2, 0) is 4.79 Å². The van der Waals surface area contributed by atoms with Crippen LogP contribution in [0.25, 0.3) is 0 Å². The number of rotatable bonds is 6. The molecule has 0 spiro atoms. The van der Waals surface area contributed by atoms with E-state index in [1.54, 1.807) is 12.1 Å². The fraction of sp³-hybridized carbons (Fsp3) is 0.462. The average Bonchev–Trinajstić information content (AvgIpc) is 2.35. The molecule has 0 aromatic heterocycles. The second-order valence-electron chi connectivity index (χ2n) is 4.21. The Morgan fingerprint density at radius 3 is 2.84 bits per heavy atom. The molecule has 0 bridgehead atoms. The van der Waals surface area contributed by atoms with Crippen molar-refractivity contribution in [3.8, 4) is 5.75 Å². The van der Waals surface area contributed by atoms with Gasteiger partial charge in [0.25, 0.3) is 0 Å². The Morgan fingerprint density at radius 1 is 1.58 bits per heavy atom. The fourth-order valence-electron chi connectivity index (χ4n) is 1.64. The zero-order chi connectivity index (χ0) is 14.4. The zero-order valence-electron chi connectivity index (χ0n) is 11.0. The highest BCUT2D eigenvalue weighted by Gasteiger charge is 2.17. The molecule has 0 saturated heterocycles. The van der Waals surface area contributed by atoms with E-state index in [0.29, 0.717) is 27.4 Å². The largest absolute Gasteiger partial charge is 0.493 e. The maximum absolute atomic E-state index is 12.0. The Bertz CT molecular complexity index is 455. The third kappa shape index (κ3) is 4.67. The second kappa shape index (κ2) is 7.72. The number of amides is 1. The molecule has 1 unspecified atom stereocenters. The molecule has 6 heteroatoms. The van der Waals surface area contributed by atoms with Crippen molar-refractivity contribution in [2.24, 2.45) is 5.73 Å². The molecule has 0 radical (unpaired) electrons. The minimum absolute atomic E-state index is 0.235. The summed E-state index contributed by atoms with van der Waals surface area (Å²) in [6.45, 7) is 2.06. The average molecular weight is 350 g/mol. The Labute approximate surface area is 126 Å². The SMILES string of the molecule is CCCCC(N)C(=O)Nc1cc(Cl)cc(Br)c1OC. The molecule has 0 aliphatic rings. The quantitative estimate of drug-likeness (QED) is 0.825.